The number of hydrogen-bond donors (Lipinski definition) is 2. The number of hydrogen-bond acceptors (Lipinski definition) is 3. The van der Waals surface area contributed by atoms with Crippen LogP contribution in [0.15, 0.2) is 36.7 Å². The van der Waals surface area contributed by atoms with Crippen LogP contribution < -0.4 is 5.32 Å². The van der Waals surface area contributed by atoms with Crippen LogP contribution in [0.1, 0.15) is 46.2 Å². The number of nitrogens with zero attached hydrogens (tertiary/aromatic N) is 2. The molecule has 0 saturated carbocycles. The van der Waals surface area contributed by atoms with E-state index in [1.807, 2.05) is 20.0 Å². The van der Waals surface area contributed by atoms with Crippen LogP contribution in [0.2, 0.25) is 0 Å². The summed E-state index contributed by atoms with van der Waals surface area (Å²) in [7, 11) is 0. The number of rotatable bonds is 5. The van der Waals surface area contributed by atoms with Crippen LogP contribution in [-0.4, -0.2) is 26.8 Å². The first kappa shape index (κ1) is 14.8. The van der Waals surface area contributed by atoms with Crippen molar-refractivity contribution in [3.63, 3.8) is 0 Å². The Morgan fingerprint density at radius 3 is 2.43 bits per heavy atom. The molecule has 1 unspecified atom stereocenters. The van der Waals surface area contributed by atoms with E-state index in [9.17, 15) is 9.59 Å². The summed E-state index contributed by atoms with van der Waals surface area (Å²) in [5.41, 5.74) is 1.51. The van der Waals surface area contributed by atoms with Gasteiger partial charge in [0.05, 0.1) is 17.8 Å². The zero-order chi connectivity index (χ0) is 15.4. The van der Waals surface area contributed by atoms with E-state index >= 15 is 0 Å². The third kappa shape index (κ3) is 3.47. The molecule has 1 aromatic heterocycles. The van der Waals surface area contributed by atoms with Gasteiger partial charge < -0.3 is 10.4 Å². The van der Waals surface area contributed by atoms with Crippen molar-refractivity contribution in [1.82, 2.24) is 15.1 Å². The van der Waals surface area contributed by atoms with Gasteiger partial charge in [0.15, 0.2) is 0 Å². The minimum atomic E-state index is -1.01. The molecule has 0 aliphatic rings. The Morgan fingerprint density at radius 2 is 1.90 bits per heavy atom. The molecule has 2 aromatic rings. The number of carbonyl (C=O) groups excluding carboxylic acids is 1. The van der Waals surface area contributed by atoms with Crippen molar-refractivity contribution in [3.05, 3.63) is 53.3 Å². The predicted molar refractivity (Wildman–Crippen MR) is 77.2 cm³/mol. The summed E-state index contributed by atoms with van der Waals surface area (Å²) in [6.45, 7) is 4.64. The zero-order valence-corrected chi connectivity index (χ0v) is 11.9. The molecule has 0 bridgehead atoms. The summed E-state index contributed by atoms with van der Waals surface area (Å²) in [6.07, 6.45) is 3.61. The molecule has 6 heteroatoms. The lowest BCUT2D eigenvalue weighted by Gasteiger charge is -2.12. The second-order valence-electron chi connectivity index (χ2n) is 4.71. The quantitative estimate of drug-likeness (QED) is 0.882. The van der Waals surface area contributed by atoms with Gasteiger partial charge in [-0.3, -0.25) is 9.48 Å². The summed E-state index contributed by atoms with van der Waals surface area (Å²) in [4.78, 5) is 22.9. The molecule has 0 saturated heterocycles. The number of aromatic carboxylic acids is 1. The van der Waals surface area contributed by atoms with Gasteiger partial charge in [0.1, 0.15) is 0 Å². The van der Waals surface area contributed by atoms with Gasteiger partial charge in [-0.25, -0.2) is 4.79 Å². The first-order valence-electron chi connectivity index (χ1n) is 6.68. The number of carboxylic acid groups (broad SMARTS) is 1. The monoisotopic (exact) mass is 287 g/mol. The van der Waals surface area contributed by atoms with Crippen molar-refractivity contribution in [2.24, 2.45) is 0 Å². The Kier molecular flexibility index (Phi) is 4.37. The number of carboxylic acids is 1. The number of benzene rings is 1. The van der Waals surface area contributed by atoms with Gasteiger partial charge in [-0.1, -0.05) is 0 Å². The molecule has 1 atom stereocenters. The lowest BCUT2D eigenvalue weighted by Crippen LogP contribution is -2.26. The van der Waals surface area contributed by atoms with Crippen molar-refractivity contribution >= 4 is 11.9 Å². The first-order chi connectivity index (χ1) is 10.0. The minimum absolute atomic E-state index is 0.156. The van der Waals surface area contributed by atoms with Crippen molar-refractivity contribution in [3.8, 4) is 0 Å². The van der Waals surface area contributed by atoms with Gasteiger partial charge in [-0.2, -0.15) is 5.10 Å². The molecule has 0 radical (unpaired) electrons. The fourth-order valence-corrected chi connectivity index (χ4v) is 1.90. The van der Waals surface area contributed by atoms with Crippen molar-refractivity contribution in [2.75, 3.05) is 0 Å². The maximum absolute atomic E-state index is 12.1. The first-order valence-corrected chi connectivity index (χ1v) is 6.68. The van der Waals surface area contributed by atoms with E-state index in [4.69, 9.17) is 5.11 Å². The third-order valence-electron chi connectivity index (χ3n) is 3.22. The highest BCUT2D eigenvalue weighted by Gasteiger charge is 2.13. The van der Waals surface area contributed by atoms with Crippen molar-refractivity contribution < 1.29 is 14.7 Å². The largest absolute Gasteiger partial charge is 0.478 e. The van der Waals surface area contributed by atoms with E-state index in [0.717, 1.165) is 12.1 Å². The average molecular weight is 287 g/mol. The van der Waals surface area contributed by atoms with Crippen molar-refractivity contribution in [1.29, 1.82) is 0 Å². The highest BCUT2D eigenvalue weighted by Crippen LogP contribution is 2.12. The van der Waals surface area contributed by atoms with E-state index in [2.05, 4.69) is 10.4 Å². The number of aromatic nitrogens is 2. The van der Waals surface area contributed by atoms with E-state index in [1.165, 1.54) is 24.3 Å². The summed E-state index contributed by atoms with van der Waals surface area (Å²) < 4.78 is 1.79. The molecule has 0 aliphatic carbocycles. The van der Waals surface area contributed by atoms with Gasteiger partial charge in [0.25, 0.3) is 5.91 Å². The summed E-state index contributed by atoms with van der Waals surface area (Å²) in [6, 6.07) is 5.66. The molecule has 2 N–H and O–H groups in total. The van der Waals surface area contributed by atoms with E-state index in [1.54, 1.807) is 10.9 Å². The molecule has 110 valence electrons. The number of carbonyl (C=O) groups is 2. The summed E-state index contributed by atoms with van der Waals surface area (Å²) in [5.74, 6) is -1.26. The molecule has 1 aromatic carbocycles. The Morgan fingerprint density at radius 1 is 1.29 bits per heavy atom. The topological polar surface area (TPSA) is 84.2 Å². The van der Waals surface area contributed by atoms with Gasteiger partial charge in [0, 0.05) is 23.9 Å². The van der Waals surface area contributed by atoms with Crippen molar-refractivity contribution in [2.45, 2.75) is 26.4 Å². The Bertz CT molecular complexity index is 646. The lowest BCUT2D eigenvalue weighted by atomic mass is 10.1. The molecular formula is C15H17N3O3. The normalized spacial score (nSPS) is 11.9. The Balaban J connectivity index is 2.04. The second-order valence-corrected chi connectivity index (χ2v) is 4.71. The van der Waals surface area contributed by atoms with Gasteiger partial charge in [0.2, 0.25) is 0 Å². The summed E-state index contributed by atoms with van der Waals surface area (Å²) >= 11 is 0. The maximum atomic E-state index is 12.1. The maximum Gasteiger partial charge on any atom is 0.335 e. The molecule has 2 rings (SSSR count). The number of amides is 1. The molecule has 21 heavy (non-hydrogen) atoms. The standard InChI is InChI=1S/C15H17N3O3/c1-3-18-9-13(8-16-18)10(2)17-14(19)11-4-6-12(7-5-11)15(20)21/h4-10H,3H2,1-2H3,(H,17,19)(H,20,21). The van der Waals surface area contributed by atoms with E-state index in [0.29, 0.717) is 5.56 Å². The molecule has 1 heterocycles. The van der Waals surface area contributed by atoms with E-state index in [-0.39, 0.29) is 17.5 Å². The Labute approximate surface area is 122 Å². The smallest absolute Gasteiger partial charge is 0.335 e. The van der Waals surface area contributed by atoms with Crippen LogP contribution in [0, 0.1) is 0 Å². The molecular weight excluding hydrogens is 270 g/mol. The van der Waals surface area contributed by atoms with Crippen LogP contribution in [-0.2, 0) is 6.54 Å². The molecule has 0 aliphatic heterocycles. The van der Waals surface area contributed by atoms with Crippen LogP contribution in [0.3, 0.4) is 0 Å². The number of nitrogens with one attached hydrogen (secondary N) is 1. The van der Waals surface area contributed by atoms with Crippen LogP contribution in [0.5, 0.6) is 0 Å². The molecule has 0 spiro atoms. The average Bonchev–Trinajstić information content (AvgIpc) is 2.96. The number of aryl methyl sites for hydroxylation is 1. The van der Waals surface area contributed by atoms with Crippen LogP contribution in [0.4, 0.5) is 0 Å². The lowest BCUT2D eigenvalue weighted by molar-refractivity contribution is 0.0696. The minimum Gasteiger partial charge on any atom is -0.478 e. The molecule has 6 nitrogen and oxygen atoms in total. The second kappa shape index (κ2) is 6.21. The van der Waals surface area contributed by atoms with Crippen LogP contribution in [0.25, 0.3) is 0 Å². The zero-order valence-electron chi connectivity index (χ0n) is 11.9. The Hall–Kier alpha value is -2.63. The fraction of sp³-hybridized carbons (Fsp3) is 0.267. The molecule has 0 fully saturated rings. The fourth-order valence-electron chi connectivity index (χ4n) is 1.90. The highest BCUT2D eigenvalue weighted by atomic mass is 16.4. The third-order valence-corrected chi connectivity index (χ3v) is 3.22. The van der Waals surface area contributed by atoms with Crippen LogP contribution >= 0.6 is 0 Å². The highest BCUT2D eigenvalue weighted by molar-refractivity contribution is 5.96. The van der Waals surface area contributed by atoms with Gasteiger partial charge in [-0.15, -0.1) is 0 Å². The van der Waals surface area contributed by atoms with E-state index < -0.39 is 5.97 Å². The summed E-state index contributed by atoms with van der Waals surface area (Å²) in [5, 5.41) is 15.9. The molecule has 1 amide bonds. The predicted octanol–water partition coefficient (Wildman–Crippen LogP) is 2.09. The SMILES string of the molecule is CCn1cc(C(C)NC(=O)c2ccc(C(=O)O)cc2)cn1. The van der Waals surface area contributed by atoms with Gasteiger partial charge >= 0.3 is 5.97 Å². The van der Waals surface area contributed by atoms with Gasteiger partial charge in [-0.05, 0) is 38.1 Å².